The average Bonchev–Trinajstić information content (AvgIpc) is 2.42. The van der Waals surface area contributed by atoms with Crippen LogP contribution in [0, 0.1) is 13.8 Å². The van der Waals surface area contributed by atoms with E-state index in [1.165, 1.54) is 18.3 Å². The van der Waals surface area contributed by atoms with Crippen molar-refractivity contribution in [3.05, 3.63) is 47.7 Å². The molecule has 0 unspecified atom stereocenters. The van der Waals surface area contributed by atoms with Gasteiger partial charge in [0.15, 0.2) is 0 Å². The molecule has 0 amide bonds. The molecule has 0 aliphatic carbocycles. The maximum atomic E-state index is 12.3. The molecule has 0 bridgehead atoms. The molecule has 0 saturated carbocycles. The molecule has 1 aromatic heterocycles. The topological polar surface area (TPSA) is 71.1 Å². The van der Waals surface area contributed by atoms with Crippen LogP contribution >= 0.6 is 0 Å². The molecule has 6 heteroatoms. The predicted molar refractivity (Wildman–Crippen MR) is 80.5 cm³/mol. The van der Waals surface area contributed by atoms with E-state index in [0.29, 0.717) is 11.5 Å². The van der Waals surface area contributed by atoms with E-state index in [1.807, 2.05) is 26.0 Å². The largest absolute Gasteiger partial charge is 0.373 e. The zero-order valence-corrected chi connectivity index (χ0v) is 12.5. The summed E-state index contributed by atoms with van der Waals surface area (Å²) >= 11 is 0. The number of pyridine rings is 1. The van der Waals surface area contributed by atoms with Gasteiger partial charge in [-0.2, -0.15) is 0 Å². The quantitative estimate of drug-likeness (QED) is 0.908. The molecule has 0 aliphatic rings. The van der Waals surface area contributed by atoms with Crippen molar-refractivity contribution in [1.82, 2.24) is 4.98 Å². The van der Waals surface area contributed by atoms with Gasteiger partial charge in [0.05, 0.1) is 10.6 Å². The van der Waals surface area contributed by atoms with Crippen molar-refractivity contribution in [3.63, 3.8) is 0 Å². The zero-order chi connectivity index (χ0) is 14.8. The maximum absolute atomic E-state index is 12.3. The highest BCUT2D eigenvalue weighted by atomic mass is 32.2. The van der Waals surface area contributed by atoms with Gasteiger partial charge in [-0.1, -0.05) is 17.7 Å². The third kappa shape index (κ3) is 3.08. The van der Waals surface area contributed by atoms with Gasteiger partial charge in [-0.25, -0.2) is 13.4 Å². The molecule has 2 aromatic rings. The summed E-state index contributed by atoms with van der Waals surface area (Å²) in [5.74, 6) is 0.508. The molecular formula is C14H17N3O2S. The molecule has 0 saturated heterocycles. The van der Waals surface area contributed by atoms with Crippen molar-refractivity contribution >= 4 is 21.5 Å². The van der Waals surface area contributed by atoms with E-state index in [0.717, 1.165) is 11.1 Å². The lowest BCUT2D eigenvalue weighted by molar-refractivity contribution is 0.601. The second kappa shape index (κ2) is 5.50. The Labute approximate surface area is 119 Å². The van der Waals surface area contributed by atoms with E-state index in [2.05, 4.69) is 15.0 Å². The third-order valence-electron chi connectivity index (χ3n) is 2.92. The Morgan fingerprint density at radius 3 is 2.50 bits per heavy atom. The highest BCUT2D eigenvalue weighted by Crippen LogP contribution is 2.21. The van der Waals surface area contributed by atoms with Crippen LogP contribution < -0.4 is 10.0 Å². The number of aromatic nitrogens is 1. The number of nitrogens with one attached hydrogen (secondary N) is 2. The fourth-order valence-electron chi connectivity index (χ4n) is 1.85. The SMILES string of the molecule is CNc1cc(S(=O)(=O)Nc2ccc(C)cc2C)ccn1. The summed E-state index contributed by atoms with van der Waals surface area (Å²) in [7, 11) is -1.92. The van der Waals surface area contributed by atoms with Crippen LogP contribution in [-0.2, 0) is 10.0 Å². The summed E-state index contributed by atoms with van der Waals surface area (Å²) in [5.41, 5.74) is 2.56. The number of anilines is 2. The van der Waals surface area contributed by atoms with Gasteiger partial charge in [0, 0.05) is 19.3 Å². The molecule has 2 N–H and O–H groups in total. The molecule has 20 heavy (non-hydrogen) atoms. The first-order valence-corrected chi connectivity index (χ1v) is 7.64. The summed E-state index contributed by atoms with van der Waals surface area (Å²) in [5, 5.41) is 2.82. The Hall–Kier alpha value is -2.08. The molecule has 2 rings (SSSR count). The van der Waals surface area contributed by atoms with Gasteiger partial charge in [-0.3, -0.25) is 4.72 Å². The number of benzene rings is 1. The van der Waals surface area contributed by atoms with Crippen LogP contribution in [-0.4, -0.2) is 20.4 Å². The standard InChI is InChI=1S/C14H17N3O2S/c1-10-4-5-13(11(2)8-10)17-20(18,19)12-6-7-16-14(9-12)15-3/h4-9,17H,1-3H3,(H,15,16). The summed E-state index contributed by atoms with van der Waals surface area (Å²) in [6, 6.07) is 8.53. The molecule has 106 valence electrons. The Morgan fingerprint density at radius 1 is 1.10 bits per heavy atom. The molecule has 1 aromatic carbocycles. The van der Waals surface area contributed by atoms with Gasteiger partial charge < -0.3 is 5.32 Å². The minimum absolute atomic E-state index is 0.178. The fraction of sp³-hybridized carbons (Fsp3) is 0.214. The van der Waals surface area contributed by atoms with Gasteiger partial charge in [0.2, 0.25) is 0 Å². The van der Waals surface area contributed by atoms with Crippen LogP contribution in [0.1, 0.15) is 11.1 Å². The average molecular weight is 291 g/mol. The lowest BCUT2D eigenvalue weighted by Gasteiger charge is -2.11. The van der Waals surface area contributed by atoms with E-state index in [9.17, 15) is 8.42 Å². The highest BCUT2D eigenvalue weighted by Gasteiger charge is 2.15. The van der Waals surface area contributed by atoms with Gasteiger partial charge in [-0.15, -0.1) is 0 Å². The second-order valence-electron chi connectivity index (χ2n) is 4.55. The lowest BCUT2D eigenvalue weighted by atomic mass is 10.1. The Balaban J connectivity index is 2.35. The minimum atomic E-state index is -3.61. The van der Waals surface area contributed by atoms with Gasteiger partial charge in [-0.05, 0) is 31.5 Å². The van der Waals surface area contributed by atoms with Gasteiger partial charge in [0.25, 0.3) is 10.0 Å². The lowest BCUT2D eigenvalue weighted by Crippen LogP contribution is -2.14. The van der Waals surface area contributed by atoms with E-state index < -0.39 is 10.0 Å². The molecule has 5 nitrogen and oxygen atoms in total. The van der Waals surface area contributed by atoms with Crippen molar-refractivity contribution in [3.8, 4) is 0 Å². The second-order valence-corrected chi connectivity index (χ2v) is 6.23. The molecule has 1 heterocycles. The first-order valence-electron chi connectivity index (χ1n) is 6.16. The minimum Gasteiger partial charge on any atom is -0.373 e. The number of sulfonamides is 1. The monoisotopic (exact) mass is 291 g/mol. The number of hydrogen-bond acceptors (Lipinski definition) is 4. The van der Waals surface area contributed by atoms with E-state index in [-0.39, 0.29) is 4.90 Å². The summed E-state index contributed by atoms with van der Waals surface area (Å²) in [6.45, 7) is 3.84. The Kier molecular flexibility index (Phi) is 3.94. The van der Waals surface area contributed by atoms with Gasteiger partial charge in [0.1, 0.15) is 5.82 Å². The van der Waals surface area contributed by atoms with Crippen LogP contribution in [0.3, 0.4) is 0 Å². The van der Waals surface area contributed by atoms with Crippen molar-refractivity contribution in [2.24, 2.45) is 0 Å². The number of hydrogen-bond donors (Lipinski definition) is 2. The van der Waals surface area contributed by atoms with E-state index in [1.54, 1.807) is 13.1 Å². The van der Waals surface area contributed by atoms with Crippen molar-refractivity contribution < 1.29 is 8.42 Å². The van der Waals surface area contributed by atoms with Crippen LogP contribution in [0.2, 0.25) is 0 Å². The fourth-order valence-corrected chi connectivity index (χ4v) is 2.99. The number of rotatable bonds is 4. The molecular weight excluding hydrogens is 274 g/mol. The van der Waals surface area contributed by atoms with E-state index in [4.69, 9.17) is 0 Å². The number of aryl methyl sites for hydroxylation is 2. The van der Waals surface area contributed by atoms with Crippen molar-refractivity contribution in [1.29, 1.82) is 0 Å². The summed E-state index contributed by atoms with van der Waals surface area (Å²) in [4.78, 5) is 4.18. The summed E-state index contributed by atoms with van der Waals surface area (Å²) in [6.07, 6.45) is 1.46. The van der Waals surface area contributed by atoms with Crippen molar-refractivity contribution in [2.45, 2.75) is 18.7 Å². The first kappa shape index (κ1) is 14.3. The summed E-state index contributed by atoms with van der Waals surface area (Å²) < 4.78 is 27.3. The number of nitrogens with zero attached hydrogens (tertiary/aromatic N) is 1. The Bertz CT molecular complexity index is 727. The van der Waals surface area contributed by atoms with Crippen LogP contribution in [0.25, 0.3) is 0 Å². The maximum Gasteiger partial charge on any atom is 0.262 e. The Morgan fingerprint density at radius 2 is 1.85 bits per heavy atom. The van der Waals surface area contributed by atoms with E-state index >= 15 is 0 Å². The van der Waals surface area contributed by atoms with Gasteiger partial charge >= 0.3 is 0 Å². The molecule has 0 spiro atoms. The molecule has 0 radical (unpaired) electrons. The first-order chi connectivity index (χ1) is 9.42. The smallest absolute Gasteiger partial charge is 0.262 e. The predicted octanol–water partition coefficient (Wildman–Crippen LogP) is 2.54. The normalized spacial score (nSPS) is 11.2. The van der Waals surface area contributed by atoms with Crippen LogP contribution in [0.5, 0.6) is 0 Å². The van der Waals surface area contributed by atoms with Crippen molar-refractivity contribution in [2.75, 3.05) is 17.1 Å². The molecule has 0 fully saturated rings. The molecule has 0 atom stereocenters. The van der Waals surface area contributed by atoms with Crippen LogP contribution in [0.4, 0.5) is 11.5 Å². The highest BCUT2D eigenvalue weighted by molar-refractivity contribution is 7.92. The van der Waals surface area contributed by atoms with Crippen LogP contribution in [0.15, 0.2) is 41.4 Å². The third-order valence-corrected chi connectivity index (χ3v) is 4.29. The zero-order valence-electron chi connectivity index (χ0n) is 11.6. The molecule has 0 aliphatic heterocycles.